The largest absolute Gasteiger partial charge is 0.381 e. The molecule has 0 aromatic carbocycles. The van der Waals surface area contributed by atoms with E-state index in [0.717, 1.165) is 26.1 Å². The summed E-state index contributed by atoms with van der Waals surface area (Å²) in [6, 6.07) is 0. The van der Waals surface area contributed by atoms with Crippen LogP contribution in [0.1, 0.15) is 25.7 Å². The molecule has 0 aliphatic carbocycles. The lowest BCUT2D eigenvalue weighted by atomic mass is 9.82. The summed E-state index contributed by atoms with van der Waals surface area (Å²) in [5.41, 5.74) is 5.34. The fourth-order valence-corrected chi connectivity index (χ4v) is 1.52. The van der Waals surface area contributed by atoms with Gasteiger partial charge in [-0.1, -0.05) is 6.92 Å². The van der Waals surface area contributed by atoms with Gasteiger partial charge < -0.3 is 15.0 Å². The van der Waals surface area contributed by atoms with Crippen LogP contribution in [0, 0.1) is 0 Å². The van der Waals surface area contributed by atoms with E-state index in [-0.39, 0.29) is 11.4 Å². The van der Waals surface area contributed by atoms with Gasteiger partial charge in [0.2, 0.25) is 5.89 Å². The van der Waals surface area contributed by atoms with Crippen LogP contribution in [0.15, 0.2) is 4.52 Å². The Bertz CT molecular complexity index is 291. The lowest BCUT2D eigenvalue weighted by Gasteiger charge is -2.29. The minimum Gasteiger partial charge on any atom is -0.381 e. The van der Waals surface area contributed by atoms with Crippen molar-refractivity contribution in [3.63, 3.8) is 0 Å². The van der Waals surface area contributed by atoms with E-state index < -0.39 is 0 Å². The van der Waals surface area contributed by atoms with E-state index in [4.69, 9.17) is 15.0 Å². The van der Waals surface area contributed by atoms with Gasteiger partial charge in [0, 0.05) is 13.2 Å². The molecule has 1 aromatic rings. The monoisotopic (exact) mass is 183 g/mol. The van der Waals surface area contributed by atoms with E-state index in [1.165, 1.54) is 0 Å². The van der Waals surface area contributed by atoms with Crippen molar-refractivity contribution in [2.75, 3.05) is 18.9 Å². The normalized spacial score (nSPS) is 21.6. The average Bonchev–Trinajstić information content (AvgIpc) is 2.54. The first-order valence-electron chi connectivity index (χ1n) is 4.38. The fourth-order valence-electron chi connectivity index (χ4n) is 1.52. The molecule has 1 fully saturated rings. The minimum absolute atomic E-state index is 0.0527. The summed E-state index contributed by atoms with van der Waals surface area (Å²) in [5.74, 6) is 0.844. The molecule has 1 aliphatic rings. The van der Waals surface area contributed by atoms with E-state index in [9.17, 15) is 0 Å². The van der Waals surface area contributed by atoms with E-state index in [1.807, 2.05) is 0 Å². The second kappa shape index (κ2) is 2.99. The predicted molar refractivity (Wildman–Crippen MR) is 46.1 cm³/mol. The maximum atomic E-state index is 5.40. The molecule has 2 N–H and O–H groups in total. The maximum Gasteiger partial charge on any atom is 0.260 e. The van der Waals surface area contributed by atoms with Gasteiger partial charge in [0.15, 0.2) is 0 Å². The predicted octanol–water partition coefficient (Wildman–Crippen LogP) is 0.720. The summed E-state index contributed by atoms with van der Waals surface area (Å²) in [6.45, 7) is 3.60. The highest BCUT2D eigenvalue weighted by Crippen LogP contribution is 2.32. The average molecular weight is 183 g/mol. The van der Waals surface area contributed by atoms with Crippen LogP contribution in [0.4, 0.5) is 5.95 Å². The van der Waals surface area contributed by atoms with Crippen molar-refractivity contribution in [3.05, 3.63) is 5.89 Å². The molecule has 0 spiro atoms. The van der Waals surface area contributed by atoms with E-state index in [2.05, 4.69) is 17.1 Å². The van der Waals surface area contributed by atoms with Crippen molar-refractivity contribution in [2.24, 2.45) is 0 Å². The molecule has 0 saturated carbocycles. The third kappa shape index (κ3) is 1.51. The first kappa shape index (κ1) is 8.50. The smallest absolute Gasteiger partial charge is 0.260 e. The van der Waals surface area contributed by atoms with E-state index >= 15 is 0 Å². The Morgan fingerprint density at radius 1 is 1.38 bits per heavy atom. The lowest BCUT2D eigenvalue weighted by molar-refractivity contribution is 0.0447. The molecular formula is C8H13N3O2. The Morgan fingerprint density at radius 3 is 2.62 bits per heavy atom. The number of nitrogen functional groups attached to an aromatic ring is 1. The topological polar surface area (TPSA) is 74.2 Å². The maximum absolute atomic E-state index is 5.40. The van der Waals surface area contributed by atoms with Gasteiger partial charge in [-0.3, -0.25) is 0 Å². The van der Waals surface area contributed by atoms with Crippen molar-refractivity contribution in [3.8, 4) is 0 Å². The molecule has 0 bridgehead atoms. The number of aromatic nitrogens is 2. The summed E-state index contributed by atoms with van der Waals surface area (Å²) < 4.78 is 10.3. The molecule has 0 radical (unpaired) electrons. The first-order chi connectivity index (χ1) is 6.21. The number of hydrogen-bond donors (Lipinski definition) is 1. The zero-order valence-electron chi connectivity index (χ0n) is 7.62. The first-order valence-corrected chi connectivity index (χ1v) is 4.38. The SMILES string of the molecule is CC1(c2nc(N)no2)CCOCC1. The number of anilines is 1. The molecule has 0 amide bonds. The third-order valence-electron chi connectivity index (χ3n) is 2.55. The van der Waals surface area contributed by atoms with Crippen LogP contribution >= 0.6 is 0 Å². The van der Waals surface area contributed by atoms with Crippen molar-refractivity contribution in [1.82, 2.24) is 10.1 Å². The Balaban J connectivity index is 2.22. The van der Waals surface area contributed by atoms with Crippen molar-refractivity contribution in [2.45, 2.75) is 25.2 Å². The number of hydrogen-bond acceptors (Lipinski definition) is 5. The van der Waals surface area contributed by atoms with Crippen LogP contribution in [0.25, 0.3) is 0 Å². The number of nitrogens with zero attached hydrogens (tertiary/aromatic N) is 2. The Morgan fingerprint density at radius 2 is 2.08 bits per heavy atom. The van der Waals surface area contributed by atoms with Crippen LogP contribution in [0.5, 0.6) is 0 Å². The van der Waals surface area contributed by atoms with Crippen LogP contribution in [0.2, 0.25) is 0 Å². The van der Waals surface area contributed by atoms with Crippen molar-refractivity contribution < 1.29 is 9.26 Å². The van der Waals surface area contributed by atoms with Crippen LogP contribution in [-0.4, -0.2) is 23.4 Å². The molecule has 2 heterocycles. The van der Waals surface area contributed by atoms with E-state index in [0.29, 0.717) is 5.89 Å². The standard InChI is InChI=1S/C8H13N3O2/c1-8(2-4-12-5-3-8)6-10-7(9)11-13-6/h2-5H2,1H3,(H2,9,11). The van der Waals surface area contributed by atoms with Crippen molar-refractivity contribution >= 4 is 5.95 Å². The van der Waals surface area contributed by atoms with Gasteiger partial charge in [-0.05, 0) is 18.0 Å². The zero-order valence-corrected chi connectivity index (χ0v) is 7.62. The highest BCUT2D eigenvalue weighted by molar-refractivity contribution is 5.15. The quantitative estimate of drug-likeness (QED) is 0.694. The molecule has 72 valence electrons. The molecule has 1 aliphatic heterocycles. The molecule has 5 nitrogen and oxygen atoms in total. The Kier molecular flexibility index (Phi) is 1.95. The molecule has 1 saturated heterocycles. The molecule has 0 unspecified atom stereocenters. The van der Waals surface area contributed by atoms with Gasteiger partial charge in [-0.25, -0.2) is 0 Å². The second-order valence-corrected chi connectivity index (χ2v) is 3.63. The summed E-state index contributed by atoms with van der Waals surface area (Å²) >= 11 is 0. The number of rotatable bonds is 1. The van der Waals surface area contributed by atoms with Crippen LogP contribution in [0.3, 0.4) is 0 Å². The zero-order chi connectivity index (χ0) is 9.31. The summed E-state index contributed by atoms with van der Waals surface area (Å²) in [5, 5.41) is 3.59. The number of nitrogens with two attached hydrogens (primary N) is 1. The van der Waals surface area contributed by atoms with Gasteiger partial charge in [0.1, 0.15) is 0 Å². The molecule has 5 heteroatoms. The fraction of sp³-hybridized carbons (Fsp3) is 0.750. The summed E-state index contributed by atoms with van der Waals surface area (Å²) in [7, 11) is 0. The van der Waals surface area contributed by atoms with Gasteiger partial charge in [-0.2, -0.15) is 4.98 Å². The molecule has 0 atom stereocenters. The Hall–Kier alpha value is -1.10. The lowest BCUT2D eigenvalue weighted by Crippen LogP contribution is -2.30. The van der Waals surface area contributed by atoms with Gasteiger partial charge in [0.25, 0.3) is 5.95 Å². The Labute approximate surface area is 76.3 Å². The third-order valence-corrected chi connectivity index (χ3v) is 2.55. The number of ether oxygens (including phenoxy) is 1. The molecular weight excluding hydrogens is 170 g/mol. The summed E-state index contributed by atoms with van der Waals surface area (Å²) in [6.07, 6.45) is 1.82. The van der Waals surface area contributed by atoms with Gasteiger partial charge in [-0.15, -0.1) is 0 Å². The highest BCUT2D eigenvalue weighted by Gasteiger charge is 2.34. The van der Waals surface area contributed by atoms with Gasteiger partial charge >= 0.3 is 0 Å². The van der Waals surface area contributed by atoms with Crippen LogP contribution in [-0.2, 0) is 10.2 Å². The highest BCUT2D eigenvalue weighted by atomic mass is 16.5. The van der Waals surface area contributed by atoms with Crippen molar-refractivity contribution in [1.29, 1.82) is 0 Å². The summed E-state index contributed by atoms with van der Waals surface area (Å²) in [4.78, 5) is 4.05. The molecule has 2 rings (SSSR count). The molecule has 13 heavy (non-hydrogen) atoms. The second-order valence-electron chi connectivity index (χ2n) is 3.63. The van der Waals surface area contributed by atoms with Crippen LogP contribution < -0.4 is 5.73 Å². The molecule has 1 aromatic heterocycles. The van der Waals surface area contributed by atoms with Gasteiger partial charge in [0.05, 0.1) is 5.41 Å². The van der Waals surface area contributed by atoms with E-state index in [1.54, 1.807) is 0 Å². The minimum atomic E-state index is -0.0527.